The van der Waals surface area contributed by atoms with Gasteiger partial charge in [0.05, 0.1) is 7.11 Å². The average molecular weight is 193 g/mol. The Hall–Kier alpha value is -1.46. The molecule has 13 heavy (non-hydrogen) atoms. The lowest BCUT2D eigenvalue weighted by atomic mass is 10.2. The van der Waals surface area contributed by atoms with Gasteiger partial charge in [0.25, 0.3) is 0 Å². The Morgan fingerprint density at radius 1 is 1.38 bits per heavy atom. The Morgan fingerprint density at radius 2 is 2.00 bits per heavy atom. The van der Waals surface area contributed by atoms with Gasteiger partial charge in [0.1, 0.15) is 5.56 Å². The van der Waals surface area contributed by atoms with E-state index in [1.54, 1.807) is 0 Å². The van der Waals surface area contributed by atoms with Crippen LogP contribution in [-0.4, -0.2) is 12.1 Å². The summed E-state index contributed by atoms with van der Waals surface area (Å²) in [6.07, 6.45) is -2.98. The summed E-state index contributed by atoms with van der Waals surface area (Å²) in [6, 6.07) is 0. The second kappa shape index (κ2) is 3.12. The number of hydrogen-bond donors (Lipinski definition) is 1. The molecule has 0 aliphatic carbocycles. The van der Waals surface area contributed by atoms with E-state index in [1.807, 2.05) is 0 Å². The maximum atomic E-state index is 12.1. The van der Waals surface area contributed by atoms with Gasteiger partial charge in [-0.05, 0) is 0 Å². The zero-order chi connectivity index (χ0) is 10.1. The van der Waals surface area contributed by atoms with Crippen LogP contribution in [0.5, 0.6) is 5.75 Å². The van der Waals surface area contributed by atoms with E-state index >= 15 is 0 Å². The second-order valence-electron chi connectivity index (χ2n) is 2.26. The first-order valence-electron chi connectivity index (χ1n) is 3.29. The van der Waals surface area contributed by atoms with Crippen molar-refractivity contribution in [3.8, 4) is 5.75 Å². The first-order chi connectivity index (χ1) is 5.96. The number of hydrogen-bond acceptors (Lipinski definition) is 2. The van der Waals surface area contributed by atoms with Gasteiger partial charge in [-0.2, -0.15) is 13.2 Å². The smallest absolute Gasteiger partial charge is 0.421 e. The average Bonchev–Trinajstić information content (AvgIpc) is 2.02. The minimum absolute atomic E-state index is 0.352. The molecule has 0 fully saturated rings. The van der Waals surface area contributed by atoms with E-state index in [0.29, 0.717) is 6.20 Å². The van der Waals surface area contributed by atoms with Gasteiger partial charge in [-0.15, -0.1) is 0 Å². The van der Waals surface area contributed by atoms with E-state index in [1.165, 1.54) is 0 Å². The molecule has 0 saturated heterocycles. The molecule has 0 saturated carbocycles. The molecule has 0 aliphatic heterocycles. The number of pyridine rings is 1. The summed E-state index contributed by atoms with van der Waals surface area (Å²) in [5.74, 6) is -0.352. The van der Waals surface area contributed by atoms with Crippen LogP contribution in [0.3, 0.4) is 0 Å². The molecule has 0 amide bonds. The third-order valence-electron chi connectivity index (χ3n) is 1.44. The van der Waals surface area contributed by atoms with Gasteiger partial charge in [0, 0.05) is 12.4 Å². The zero-order valence-electron chi connectivity index (χ0n) is 6.61. The van der Waals surface area contributed by atoms with Crippen molar-refractivity contribution >= 4 is 0 Å². The standard InChI is InChI=1S/C7H6F3NO2/c1-13-5-3-11-2-4(6(5)12)7(8,9)10/h2-3H,1H3,(H,11,12). The molecule has 1 heterocycles. The number of methoxy groups -OCH3 is 1. The monoisotopic (exact) mass is 193 g/mol. The van der Waals surface area contributed by atoms with Crippen molar-refractivity contribution in [2.24, 2.45) is 0 Å². The SMILES string of the molecule is COc1c[nH]cc(C(F)(F)F)c1=O. The largest absolute Gasteiger partial charge is 0.491 e. The molecule has 1 aromatic heterocycles. The quantitative estimate of drug-likeness (QED) is 0.732. The predicted octanol–water partition coefficient (Wildman–Crippen LogP) is 1.40. The fourth-order valence-corrected chi connectivity index (χ4v) is 0.827. The number of H-pyrrole nitrogens is 1. The normalized spacial score (nSPS) is 11.4. The Bertz CT molecular complexity index is 355. The van der Waals surface area contributed by atoms with Crippen molar-refractivity contribution in [2.45, 2.75) is 6.18 Å². The molecular weight excluding hydrogens is 187 g/mol. The van der Waals surface area contributed by atoms with Crippen LogP contribution in [0.25, 0.3) is 0 Å². The Kier molecular flexibility index (Phi) is 2.31. The Labute approximate surface area is 71.2 Å². The summed E-state index contributed by atoms with van der Waals surface area (Å²) in [5.41, 5.74) is -2.42. The minimum Gasteiger partial charge on any atom is -0.491 e. The molecule has 0 aliphatic rings. The van der Waals surface area contributed by atoms with E-state index in [9.17, 15) is 18.0 Å². The maximum absolute atomic E-state index is 12.1. The lowest BCUT2D eigenvalue weighted by Crippen LogP contribution is -2.20. The van der Waals surface area contributed by atoms with Crippen molar-refractivity contribution in [2.75, 3.05) is 7.11 Å². The van der Waals surface area contributed by atoms with Crippen LogP contribution in [0.15, 0.2) is 17.2 Å². The molecule has 0 radical (unpaired) electrons. The van der Waals surface area contributed by atoms with E-state index in [2.05, 4.69) is 9.72 Å². The van der Waals surface area contributed by atoms with Crippen molar-refractivity contribution in [3.05, 3.63) is 28.2 Å². The molecule has 1 N–H and O–H groups in total. The van der Waals surface area contributed by atoms with Gasteiger partial charge < -0.3 is 9.72 Å². The number of ether oxygens (including phenoxy) is 1. The van der Waals surface area contributed by atoms with Gasteiger partial charge >= 0.3 is 6.18 Å². The topological polar surface area (TPSA) is 42.1 Å². The summed E-state index contributed by atoms with van der Waals surface area (Å²) in [4.78, 5) is 13.2. The molecule has 0 spiro atoms. The van der Waals surface area contributed by atoms with Crippen LogP contribution < -0.4 is 10.2 Å². The van der Waals surface area contributed by atoms with Crippen molar-refractivity contribution < 1.29 is 17.9 Å². The molecule has 0 bridgehead atoms. The van der Waals surface area contributed by atoms with Crippen molar-refractivity contribution in [3.63, 3.8) is 0 Å². The highest BCUT2D eigenvalue weighted by Gasteiger charge is 2.34. The highest BCUT2D eigenvalue weighted by atomic mass is 19.4. The number of aromatic amines is 1. The van der Waals surface area contributed by atoms with Crippen molar-refractivity contribution in [1.29, 1.82) is 0 Å². The third-order valence-corrected chi connectivity index (χ3v) is 1.44. The zero-order valence-corrected chi connectivity index (χ0v) is 6.61. The molecular formula is C7H6F3NO2. The number of nitrogens with one attached hydrogen (secondary N) is 1. The highest BCUT2D eigenvalue weighted by Crippen LogP contribution is 2.26. The first kappa shape index (κ1) is 9.63. The Balaban J connectivity index is 3.33. The summed E-state index contributed by atoms with van der Waals surface area (Å²) >= 11 is 0. The highest BCUT2D eigenvalue weighted by molar-refractivity contribution is 5.25. The maximum Gasteiger partial charge on any atom is 0.421 e. The van der Waals surface area contributed by atoms with Gasteiger partial charge in [-0.25, -0.2) is 0 Å². The fraction of sp³-hybridized carbons (Fsp3) is 0.286. The molecule has 72 valence electrons. The van der Waals surface area contributed by atoms with E-state index < -0.39 is 17.2 Å². The molecule has 3 nitrogen and oxygen atoms in total. The number of rotatable bonds is 1. The second-order valence-corrected chi connectivity index (χ2v) is 2.26. The van der Waals surface area contributed by atoms with Crippen molar-refractivity contribution in [1.82, 2.24) is 4.98 Å². The molecule has 0 unspecified atom stereocenters. The fourth-order valence-electron chi connectivity index (χ4n) is 0.827. The molecule has 1 aromatic rings. The number of alkyl halides is 3. The van der Waals surface area contributed by atoms with E-state index in [-0.39, 0.29) is 5.75 Å². The lowest BCUT2D eigenvalue weighted by Gasteiger charge is -2.06. The van der Waals surface area contributed by atoms with Gasteiger partial charge in [0.15, 0.2) is 5.75 Å². The van der Waals surface area contributed by atoms with E-state index in [0.717, 1.165) is 13.3 Å². The van der Waals surface area contributed by atoms with Crippen LogP contribution in [-0.2, 0) is 6.18 Å². The molecule has 1 rings (SSSR count). The van der Waals surface area contributed by atoms with Crippen LogP contribution in [0, 0.1) is 0 Å². The Morgan fingerprint density at radius 3 is 2.46 bits per heavy atom. The summed E-state index contributed by atoms with van der Waals surface area (Å²) in [6.45, 7) is 0. The molecule has 0 aromatic carbocycles. The van der Waals surface area contributed by atoms with Crippen LogP contribution >= 0.6 is 0 Å². The minimum atomic E-state index is -4.65. The van der Waals surface area contributed by atoms with Crippen LogP contribution in [0.4, 0.5) is 13.2 Å². The summed E-state index contributed by atoms with van der Waals surface area (Å²) in [7, 11) is 1.13. The summed E-state index contributed by atoms with van der Waals surface area (Å²) in [5, 5.41) is 0. The first-order valence-corrected chi connectivity index (χ1v) is 3.29. The lowest BCUT2D eigenvalue weighted by molar-refractivity contribution is -0.138. The van der Waals surface area contributed by atoms with Crippen LogP contribution in [0.2, 0.25) is 0 Å². The number of aromatic nitrogens is 1. The van der Waals surface area contributed by atoms with Gasteiger partial charge in [0.2, 0.25) is 5.43 Å². The van der Waals surface area contributed by atoms with E-state index in [4.69, 9.17) is 0 Å². The number of halogens is 3. The van der Waals surface area contributed by atoms with Gasteiger partial charge in [-0.3, -0.25) is 4.79 Å². The molecule has 6 heteroatoms. The van der Waals surface area contributed by atoms with Gasteiger partial charge in [-0.1, -0.05) is 0 Å². The third kappa shape index (κ3) is 1.82. The molecule has 0 atom stereocenters. The van der Waals surface area contributed by atoms with Crippen LogP contribution in [0.1, 0.15) is 5.56 Å². The predicted molar refractivity (Wildman–Crippen MR) is 38.6 cm³/mol. The summed E-state index contributed by atoms with van der Waals surface area (Å²) < 4.78 is 40.7.